The van der Waals surface area contributed by atoms with Gasteiger partial charge in [-0.25, -0.2) is 4.79 Å². The van der Waals surface area contributed by atoms with Gasteiger partial charge in [-0.15, -0.1) is 0 Å². The van der Waals surface area contributed by atoms with E-state index >= 15 is 0 Å². The predicted octanol–water partition coefficient (Wildman–Crippen LogP) is 0.482. The van der Waals surface area contributed by atoms with E-state index in [0.717, 1.165) is 5.69 Å². The normalized spacial score (nSPS) is 11.7. The second-order valence-corrected chi connectivity index (χ2v) is 4.03. The molecule has 0 radical (unpaired) electrons. The van der Waals surface area contributed by atoms with Crippen LogP contribution in [0, 0.1) is 0 Å². The van der Waals surface area contributed by atoms with E-state index < -0.39 is 5.97 Å². The van der Waals surface area contributed by atoms with Crippen LogP contribution in [0.5, 0.6) is 0 Å². The van der Waals surface area contributed by atoms with Crippen LogP contribution in [0.15, 0.2) is 18.3 Å². The van der Waals surface area contributed by atoms with E-state index in [4.69, 9.17) is 0 Å². The van der Waals surface area contributed by atoms with Gasteiger partial charge in [0, 0.05) is 19.3 Å². The lowest BCUT2D eigenvalue weighted by molar-refractivity contribution is -0.122. The molecule has 1 atom stereocenters. The van der Waals surface area contributed by atoms with E-state index in [1.54, 1.807) is 19.1 Å². The zero-order valence-electron chi connectivity index (χ0n) is 11.4. The molecule has 1 rings (SSSR count). The lowest BCUT2D eigenvalue weighted by Gasteiger charge is -2.12. The summed E-state index contributed by atoms with van der Waals surface area (Å²) in [5.74, 6) is -0.462. The minimum atomic E-state index is -0.414. The fraction of sp³-hybridized carbons (Fsp3) is 0.462. The number of pyridine rings is 1. The molecule has 0 aromatic carbocycles. The molecular formula is C13H19N3O3. The number of aromatic nitrogens is 1. The summed E-state index contributed by atoms with van der Waals surface area (Å²) in [4.78, 5) is 26.8. The highest BCUT2D eigenvalue weighted by Gasteiger charge is 2.11. The number of carbonyl (C=O) groups excluding carboxylic acids is 2. The van der Waals surface area contributed by atoms with E-state index in [-0.39, 0.29) is 11.9 Å². The zero-order valence-corrected chi connectivity index (χ0v) is 11.4. The maximum Gasteiger partial charge on any atom is 0.339 e. The van der Waals surface area contributed by atoms with Gasteiger partial charge in [0.15, 0.2) is 0 Å². The highest BCUT2D eigenvalue weighted by Crippen LogP contribution is 2.02. The molecule has 0 spiro atoms. The fourth-order valence-corrected chi connectivity index (χ4v) is 1.45. The second-order valence-electron chi connectivity index (χ2n) is 4.03. The molecule has 0 fully saturated rings. The number of ether oxygens (including phenoxy) is 1. The Hall–Kier alpha value is -1.95. The summed E-state index contributed by atoms with van der Waals surface area (Å²) < 4.78 is 4.59. The van der Waals surface area contributed by atoms with E-state index in [1.807, 2.05) is 6.92 Å². The quantitative estimate of drug-likeness (QED) is 0.731. The largest absolute Gasteiger partial charge is 0.465 e. The van der Waals surface area contributed by atoms with E-state index in [0.29, 0.717) is 18.7 Å². The van der Waals surface area contributed by atoms with E-state index in [1.165, 1.54) is 13.3 Å². The Morgan fingerprint density at radius 3 is 2.68 bits per heavy atom. The molecule has 1 unspecified atom stereocenters. The second kappa shape index (κ2) is 7.48. The van der Waals surface area contributed by atoms with Crippen molar-refractivity contribution in [3.05, 3.63) is 29.6 Å². The van der Waals surface area contributed by atoms with Crippen LogP contribution in [-0.4, -0.2) is 36.6 Å². The number of hydrogen-bond donors (Lipinski definition) is 2. The van der Waals surface area contributed by atoms with Gasteiger partial charge in [0.05, 0.1) is 24.4 Å². The lowest BCUT2D eigenvalue weighted by Crippen LogP contribution is -2.41. The number of carbonyl (C=O) groups is 2. The molecular weight excluding hydrogens is 246 g/mol. The third-order valence-electron chi connectivity index (χ3n) is 2.58. The summed E-state index contributed by atoms with van der Waals surface area (Å²) in [6.07, 6.45) is 1.46. The summed E-state index contributed by atoms with van der Waals surface area (Å²) in [6.45, 7) is 4.72. The molecule has 0 saturated carbocycles. The molecule has 1 heterocycles. The summed E-state index contributed by atoms with van der Waals surface area (Å²) in [7, 11) is 1.33. The molecule has 6 nitrogen and oxygen atoms in total. The number of nitrogens with zero attached hydrogens (tertiary/aromatic N) is 1. The van der Waals surface area contributed by atoms with Gasteiger partial charge in [-0.1, -0.05) is 0 Å². The molecule has 0 aliphatic rings. The van der Waals surface area contributed by atoms with Crippen molar-refractivity contribution in [3.63, 3.8) is 0 Å². The average Bonchev–Trinajstić information content (AvgIpc) is 2.44. The molecule has 0 aliphatic carbocycles. The maximum absolute atomic E-state index is 11.5. The number of amides is 1. The van der Waals surface area contributed by atoms with Crippen molar-refractivity contribution in [2.45, 2.75) is 26.4 Å². The molecule has 6 heteroatoms. The van der Waals surface area contributed by atoms with Crippen molar-refractivity contribution >= 4 is 11.9 Å². The molecule has 0 saturated heterocycles. The number of rotatable bonds is 6. The van der Waals surface area contributed by atoms with Crippen molar-refractivity contribution in [1.82, 2.24) is 15.6 Å². The Morgan fingerprint density at radius 2 is 2.16 bits per heavy atom. The molecule has 0 aliphatic heterocycles. The first kappa shape index (κ1) is 15.1. The molecule has 1 aromatic rings. The highest BCUT2D eigenvalue weighted by molar-refractivity contribution is 5.88. The van der Waals surface area contributed by atoms with Crippen LogP contribution in [-0.2, 0) is 16.1 Å². The average molecular weight is 265 g/mol. The topological polar surface area (TPSA) is 80.3 Å². The van der Waals surface area contributed by atoms with Crippen molar-refractivity contribution < 1.29 is 14.3 Å². The molecule has 19 heavy (non-hydrogen) atoms. The number of likely N-dealkylation sites (N-methyl/N-ethyl adjacent to an activating group) is 1. The van der Waals surface area contributed by atoms with Crippen molar-refractivity contribution in [1.29, 1.82) is 0 Å². The van der Waals surface area contributed by atoms with Gasteiger partial charge in [-0.05, 0) is 26.0 Å². The Bertz CT molecular complexity index is 431. The summed E-state index contributed by atoms with van der Waals surface area (Å²) in [5, 5.41) is 5.79. The monoisotopic (exact) mass is 265 g/mol. The first-order valence-electron chi connectivity index (χ1n) is 6.12. The summed E-state index contributed by atoms with van der Waals surface area (Å²) >= 11 is 0. The molecule has 0 bridgehead atoms. The third kappa shape index (κ3) is 4.67. The molecule has 1 amide bonds. The van der Waals surface area contributed by atoms with Gasteiger partial charge in [0.2, 0.25) is 5.91 Å². The Labute approximate surface area is 112 Å². The van der Waals surface area contributed by atoms with Gasteiger partial charge < -0.3 is 15.4 Å². The predicted molar refractivity (Wildman–Crippen MR) is 70.6 cm³/mol. The maximum atomic E-state index is 11.5. The highest BCUT2D eigenvalue weighted by atomic mass is 16.5. The third-order valence-corrected chi connectivity index (χ3v) is 2.58. The number of nitrogens with one attached hydrogen (secondary N) is 2. The van der Waals surface area contributed by atoms with Crippen LogP contribution in [0.3, 0.4) is 0 Å². The van der Waals surface area contributed by atoms with E-state index in [9.17, 15) is 9.59 Å². The van der Waals surface area contributed by atoms with Gasteiger partial charge in [-0.3, -0.25) is 9.78 Å². The Balaban J connectivity index is 2.50. The van der Waals surface area contributed by atoms with Crippen LogP contribution < -0.4 is 10.6 Å². The number of methoxy groups -OCH3 is 1. The molecule has 1 aromatic heterocycles. The standard InChI is InChI=1S/C13H19N3O3/c1-4-14-12(17)9(2)15-8-11-6-5-10(7-16-11)13(18)19-3/h5-7,9,15H,4,8H2,1-3H3,(H,14,17). The SMILES string of the molecule is CCNC(=O)C(C)NCc1ccc(C(=O)OC)cn1. The minimum absolute atomic E-state index is 0.0475. The lowest BCUT2D eigenvalue weighted by atomic mass is 10.2. The fourth-order valence-electron chi connectivity index (χ4n) is 1.45. The van der Waals surface area contributed by atoms with Crippen molar-refractivity contribution in [3.8, 4) is 0 Å². The van der Waals surface area contributed by atoms with Gasteiger partial charge in [0.1, 0.15) is 0 Å². The smallest absolute Gasteiger partial charge is 0.339 e. The summed E-state index contributed by atoms with van der Waals surface area (Å²) in [6, 6.07) is 3.08. The van der Waals surface area contributed by atoms with Crippen molar-refractivity contribution in [2.24, 2.45) is 0 Å². The summed E-state index contributed by atoms with van der Waals surface area (Å²) in [5.41, 5.74) is 1.16. The van der Waals surface area contributed by atoms with Gasteiger partial charge in [0.25, 0.3) is 0 Å². The first-order valence-corrected chi connectivity index (χ1v) is 6.12. The number of esters is 1. The van der Waals surface area contributed by atoms with Crippen LogP contribution in [0.2, 0.25) is 0 Å². The van der Waals surface area contributed by atoms with E-state index in [2.05, 4.69) is 20.4 Å². The van der Waals surface area contributed by atoms with Gasteiger partial charge in [-0.2, -0.15) is 0 Å². The minimum Gasteiger partial charge on any atom is -0.465 e. The Morgan fingerprint density at radius 1 is 1.42 bits per heavy atom. The van der Waals surface area contributed by atoms with Crippen molar-refractivity contribution in [2.75, 3.05) is 13.7 Å². The first-order chi connectivity index (χ1) is 9.08. The molecule has 2 N–H and O–H groups in total. The Kier molecular flexibility index (Phi) is 5.95. The van der Waals surface area contributed by atoms with Crippen LogP contribution >= 0.6 is 0 Å². The zero-order chi connectivity index (χ0) is 14.3. The van der Waals surface area contributed by atoms with Crippen LogP contribution in [0.25, 0.3) is 0 Å². The number of hydrogen-bond acceptors (Lipinski definition) is 5. The van der Waals surface area contributed by atoms with Gasteiger partial charge >= 0.3 is 5.97 Å². The van der Waals surface area contributed by atoms with Crippen LogP contribution in [0.1, 0.15) is 29.9 Å². The molecule has 104 valence electrons. The van der Waals surface area contributed by atoms with Crippen LogP contribution in [0.4, 0.5) is 0 Å².